The van der Waals surface area contributed by atoms with Gasteiger partial charge < -0.3 is 0 Å². The topological polar surface area (TPSA) is 67.8 Å². The predicted octanol–water partition coefficient (Wildman–Crippen LogP) is 2.36. The number of rotatable bonds is 3. The second-order valence-corrected chi connectivity index (χ2v) is 5.08. The van der Waals surface area contributed by atoms with Crippen LogP contribution in [0.1, 0.15) is 33.7 Å². The van der Waals surface area contributed by atoms with E-state index in [-0.39, 0.29) is 5.91 Å². The maximum absolute atomic E-state index is 11.9. The fourth-order valence-electron chi connectivity index (χ4n) is 1.48. The van der Waals surface area contributed by atoms with Crippen molar-refractivity contribution >= 4 is 22.4 Å². The summed E-state index contributed by atoms with van der Waals surface area (Å²) in [6.07, 6.45) is 3.90. The van der Waals surface area contributed by atoms with Crippen molar-refractivity contribution in [3.05, 3.63) is 34.4 Å². The molecular weight excluding hydrogens is 248 g/mol. The van der Waals surface area contributed by atoms with Crippen molar-refractivity contribution in [3.8, 4) is 0 Å². The second-order valence-electron chi connectivity index (χ2n) is 3.87. The number of carbonyl (C=O) groups excluding carboxylic acids is 1. The molecule has 0 aliphatic rings. The third-order valence-corrected chi connectivity index (χ3v) is 3.39. The quantitative estimate of drug-likeness (QED) is 0.922. The molecular formula is C12H14N4OS. The lowest BCUT2D eigenvalue weighted by Gasteiger charge is -2.00. The summed E-state index contributed by atoms with van der Waals surface area (Å²) >= 11 is 1.47. The largest absolute Gasteiger partial charge is 0.296 e. The van der Waals surface area contributed by atoms with Crippen molar-refractivity contribution in [2.75, 3.05) is 5.32 Å². The van der Waals surface area contributed by atoms with Gasteiger partial charge in [-0.2, -0.15) is 0 Å². The van der Waals surface area contributed by atoms with Crippen LogP contribution in [0.15, 0.2) is 12.4 Å². The maximum Gasteiger partial charge on any atom is 0.277 e. The number of carbonyl (C=O) groups is 1. The highest BCUT2D eigenvalue weighted by Gasteiger charge is 2.12. The minimum atomic E-state index is -0.279. The molecule has 94 valence electrons. The number of aromatic nitrogens is 3. The van der Waals surface area contributed by atoms with E-state index in [1.807, 2.05) is 20.8 Å². The van der Waals surface area contributed by atoms with Gasteiger partial charge in [-0.3, -0.25) is 15.1 Å². The van der Waals surface area contributed by atoms with Crippen molar-refractivity contribution < 1.29 is 4.79 Å². The molecule has 0 spiro atoms. The molecule has 2 aromatic rings. The van der Waals surface area contributed by atoms with Gasteiger partial charge in [-0.05, 0) is 20.3 Å². The van der Waals surface area contributed by atoms with Gasteiger partial charge in [0.2, 0.25) is 0 Å². The molecule has 0 aliphatic heterocycles. The zero-order chi connectivity index (χ0) is 13.1. The lowest BCUT2D eigenvalue weighted by Crippen LogP contribution is -2.14. The van der Waals surface area contributed by atoms with Crippen molar-refractivity contribution in [1.29, 1.82) is 0 Å². The number of hydrogen-bond donors (Lipinski definition) is 1. The molecule has 0 bridgehead atoms. The number of hydrogen-bond acceptors (Lipinski definition) is 5. The van der Waals surface area contributed by atoms with Gasteiger partial charge in [0.25, 0.3) is 5.91 Å². The average Bonchev–Trinajstić information content (AvgIpc) is 2.70. The van der Waals surface area contributed by atoms with Gasteiger partial charge in [0.05, 0.1) is 17.6 Å². The lowest BCUT2D eigenvalue weighted by atomic mass is 10.3. The van der Waals surface area contributed by atoms with Gasteiger partial charge in [-0.25, -0.2) is 9.97 Å². The predicted molar refractivity (Wildman–Crippen MR) is 71.0 cm³/mol. The molecule has 0 fully saturated rings. The Morgan fingerprint density at radius 2 is 2.11 bits per heavy atom. The fraction of sp³-hybridized carbons (Fsp3) is 0.333. The number of nitrogens with zero attached hydrogens (tertiary/aromatic N) is 3. The fourth-order valence-corrected chi connectivity index (χ4v) is 2.38. The first kappa shape index (κ1) is 12.6. The standard InChI is InChI=1S/C12H14N4OS/c1-4-9-8(3)18-12(15-9)16-11(17)10-6-13-7(2)5-14-10/h5-6H,4H2,1-3H3,(H,15,16,17). The lowest BCUT2D eigenvalue weighted by molar-refractivity contribution is 0.102. The molecule has 6 heteroatoms. The molecule has 1 amide bonds. The van der Waals surface area contributed by atoms with E-state index in [1.54, 1.807) is 6.20 Å². The van der Waals surface area contributed by atoms with Crippen LogP contribution in [0.3, 0.4) is 0 Å². The van der Waals surface area contributed by atoms with E-state index in [9.17, 15) is 4.79 Å². The summed E-state index contributed by atoms with van der Waals surface area (Å²) in [4.78, 5) is 25.4. The van der Waals surface area contributed by atoms with E-state index in [0.717, 1.165) is 22.7 Å². The molecule has 0 aromatic carbocycles. The van der Waals surface area contributed by atoms with Crippen LogP contribution in [-0.4, -0.2) is 20.9 Å². The molecule has 1 N–H and O–H groups in total. The summed E-state index contributed by atoms with van der Waals surface area (Å²) in [6, 6.07) is 0. The van der Waals surface area contributed by atoms with Crippen LogP contribution < -0.4 is 5.32 Å². The number of thiazole rings is 1. The number of nitrogens with one attached hydrogen (secondary N) is 1. The van der Waals surface area contributed by atoms with Crippen molar-refractivity contribution in [3.63, 3.8) is 0 Å². The normalized spacial score (nSPS) is 10.4. The Labute approximate surface area is 109 Å². The molecule has 5 nitrogen and oxygen atoms in total. The van der Waals surface area contributed by atoms with Crippen molar-refractivity contribution in [2.24, 2.45) is 0 Å². The van der Waals surface area contributed by atoms with Crippen LogP contribution in [0.5, 0.6) is 0 Å². The van der Waals surface area contributed by atoms with Crippen molar-refractivity contribution in [2.45, 2.75) is 27.2 Å². The minimum Gasteiger partial charge on any atom is -0.296 e. The maximum atomic E-state index is 11.9. The summed E-state index contributed by atoms with van der Waals surface area (Å²) < 4.78 is 0. The molecule has 0 aliphatic carbocycles. The summed E-state index contributed by atoms with van der Waals surface area (Å²) in [5.74, 6) is -0.279. The van der Waals surface area contributed by atoms with Gasteiger partial charge in [0.1, 0.15) is 5.69 Å². The first-order chi connectivity index (χ1) is 8.60. The summed E-state index contributed by atoms with van der Waals surface area (Å²) in [5.41, 5.74) is 2.10. The molecule has 0 saturated carbocycles. The molecule has 0 atom stereocenters. The second kappa shape index (κ2) is 5.22. The van der Waals surface area contributed by atoms with E-state index >= 15 is 0 Å². The third kappa shape index (κ3) is 2.70. The van der Waals surface area contributed by atoms with Gasteiger partial charge in [-0.15, -0.1) is 11.3 Å². The molecule has 2 aromatic heterocycles. The Balaban J connectivity index is 2.13. The third-order valence-electron chi connectivity index (χ3n) is 2.46. The minimum absolute atomic E-state index is 0.279. The molecule has 2 rings (SSSR count). The van der Waals surface area contributed by atoms with Crippen molar-refractivity contribution in [1.82, 2.24) is 15.0 Å². The Morgan fingerprint density at radius 1 is 1.33 bits per heavy atom. The van der Waals surface area contributed by atoms with Crippen LogP contribution >= 0.6 is 11.3 Å². The molecule has 0 saturated heterocycles. The first-order valence-electron chi connectivity index (χ1n) is 5.66. The Morgan fingerprint density at radius 3 is 2.67 bits per heavy atom. The van der Waals surface area contributed by atoms with E-state index < -0.39 is 0 Å². The highest BCUT2D eigenvalue weighted by molar-refractivity contribution is 7.15. The van der Waals surface area contributed by atoms with Gasteiger partial charge in [-0.1, -0.05) is 6.92 Å². The van der Waals surface area contributed by atoms with E-state index in [1.165, 1.54) is 17.5 Å². The van der Waals surface area contributed by atoms with Gasteiger partial charge >= 0.3 is 0 Å². The molecule has 2 heterocycles. The highest BCUT2D eigenvalue weighted by atomic mass is 32.1. The van der Waals surface area contributed by atoms with E-state index in [4.69, 9.17) is 0 Å². The summed E-state index contributed by atoms with van der Waals surface area (Å²) in [5, 5.41) is 3.35. The Kier molecular flexibility index (Phi) is 3.66. The van der Waals surface area contributed by atoms with E-state index in [0.29, 0.717) is 10.8 Å². The average molecular weight is 262 g/mol. The zero-order valence-electron chi connectivity index (χ0n) is 10.5. The highest BCUT2D eigenvalue weighted by Crippen LogP contribution is 2.22. The van der Waals surface area contributed by atoms with Gasteiger partial charge in [0, 0.05) is 11.1 Å². The first-order valence-corrected chi connectivity index (χ1v) is 6.48. The van der Waals surface area contributed by atoms with Gasteiger partial charge in [0.15, 0.2) is 5.13 Å². The van der Waals surface area contributed by atoms with Crippen LogP contribution in [0, 0.1) is 13.8 Å². The smallest absolute Gasteiger partial charge is 0.277 e. The zero-order valence-corrected chi connectivity index (χ0v) is 11.3. The monoisotopic (exact) mass is 262 g/mol. The number of aryl methyl sites for hydroxylation is 3. The SMILES string of the molecule is CCc1nc(NC(=O)c2cnc(C)cn2)sc1C. The molecule has 18 heavy (non-hydrogen) atoms. The van der Waals surface area contributed by atoms with Crippen LogP contribution in [0.4, 0.5) is 5.13 Å². The Hall–Kier alpha value is -1.82. The molecule has 0 unspecified atom stereocenters. The summed E-state index contributed by atoms with van der Waals surface area (Å²) in [7, 11) is 0. The van der Waals surface area contributed by atoms with Crippen LogP contribution in [-0.2, 0) is 6.42 Å². The number of amides is 1. The van der Waals surface area contributed by atoms with E-state index in [2.05, 4.69) is 20.3 Å². The molecule has 0 radical (unpaired) electrons. The summed E-state index contributed by atoms with van der Waals surface area (Å²) in [6.45, 7) is 5.86. The Bertz CT molecular complexity index is 562. The van der Waals surface area contributed by atoms with Crippen LogP contribution in [0.25, 0.3) is 0 Å². The number of anilines is 1. The van der Waals surface area contributed by atoms with Crippen LogP contribution in [0.2, 0.25) is 0 Å².